The standard InChI is InChI=1S/C15H19N3O3/c1-11-5-6-13(18(19)20)14(8-11)21-12-4-3-7-15(9-12,10-16)17-2/h5-6,8,12,17H,3-4,7,9H2,1-2H3. The number of ether oxygens (including phenoxy) is 1. The van der Waals surface area contributed by atoms with Gasteiger partial charge in [0, 0.05) is 12.5 Å². The molecule has 2 rings (SSSR count). The zero-order chi connectivity index (χ0) is 15.5. The second-order valence-electron chi connectivity index (χ2n) is 5.51. The largest absolute Gasteiger partial charge is 0.483 e. The molecule has 1 aromatic rings. The van der Waals surface area contributed by atoms with Crippen LogP contribution < -0.4 is 10.1 Å². The highest BCUT2D eigenvalue weighted by atomic mass is 16.6. The van der Waals surface area contributed by atoms with Crippen LogP contribution in [0.3, 0.4) is 0 Å². The molecule has 1 fully saturated rings. The Morgan fingerprint density at radius 2 is 2.33 bits per heavy atom. The van der Waals surface area contributed by atoms with E-state index in [4.69, 9.17) is 4.74 Å². The lowest BCUT2D eigenvalue weighted by Gasteiger charge is -2.35. The fraction of sp³-hybridized carbons (Fsp3) is 0.533. The number of hydrogen-bond acceptors (Lipinski definition) is 5. The number of nitrogens with zero attached hydrogens (tertiary/aromatic N) is 2. The van der Waals surface area contributed by atoms with E-state index >= 15 is 0 Å². The summed E-state index contributed by atoms with van der Waals surface area (Å²) < 4.78 is 5.85. The van der Waals surface area contributed by atoms with Crippen LogP contribution in [0.25, 0.3) is 0 Å². The van der Waals surface area contributed by atoms with Gasteiger partial charge in [-0.3, -0.25) is 10.1 Å². The van der Waals surface area contributed by atoms with E-state index in [1.807, 2.05) is 6.92 Å². The first kappa shape index (κ1) is 15.3. The Hall–Kier alpha value is -2.13. The molecule has 112 valence electrons. The molecule has 1 aromatic carbocycles. The van der Waals surface area contributed by atoms with E-state index in [-0.39, 0.29) is 17.5 Å². The number of benzene rings is 1. The summed E-state index contributed by atoms with van der Waals surface area (Å²) >= 11 is 0. The fourth-order valence-corrected chi connectivity index (χ4v) is 2.76. The van der Waals surface area contributed by atoms with E-state index in [1.54, 1.807) is 19.2 Å². The quantitative estimate of drug-likeness (QED) is 0.680. The van der Waals surface area contributed by atoms with Crippen LogP contribution >= 0.6 is 0 Å². The lowest BCUT2D eigenvalue weighted by molar-refractivity contribution is -0.386. The summed E-state index contributed by atoms with van der Waals surface area (Å²) in [6, 6.07) is 7.14. The number of hydrogen-bond donors (Lipinski definition) is 1. The highest BCUT2D eigenvalue weighted by Crippen LogP contribution is 2.34. The van der Waals surface area contributed by atoms with Gasteiger partial charge in [-0.25, -0.2) is 0 Å². The molecular weight excluding hydrogens is 270 g/mol. The van der Waals surface area contributed by atoms with Gasteiger partial charge in [0.05, 0.1) is 11.0 Å². The van der Waals surface area contributed by atoms with E-state index in [9.17, 15) is 15.4 Å². The van der Waals surface area contributed by atoms with Crippen molar-refractivity contribution in [2.24, 2.45) is 0 Å². The highest BCUT2D eigenvalue weighted by molar-refractivity contribution is 5.48. The van der Waals surface area contributed by atoms with Crippen LogP contribution in [0.2, 0.25) is 0 Å². The minimum atomic E-state index is -0.596. The second-order valence-corrected chi connectivity index (χ2v) is 5.51. The maximum Gasteiger partial charge on any atom is 0.310 e. The molecule has 2 unspecified atom stereocenters. The fourth-order valence-electron chi connectivity index (χ4n) is 2.76. The highest BCUT2D eigenvalue weighted by Gasteiger charge is 2.36. The molecule has 0 aliphatic heterocycles. The van der Waals surface area contributed by atoms with Crippen LogP contribution in [0, 0.1) is 28.4 Å². The van der Waals surface area contributed by atoms with Gasteiger partial charge in [0.2, 0.25) is 0 Å². The summed E-state index contributed by atoms with van der Waals surface area (Å²) in [6.45, 7) is 1.87. The predicted molar refractivity (Wildman–Crippen MR) is 78.1 cm³/mol. The Labute approximate surface area is 123 Å². The summed E-state index contributed by atoms with van der Waals surface area (Å²) in [4.78, 5) is 10.6. The predicted octanol–water partition coefficient (Wildman–Crippen LogP) is 2.71. The summed E-state index contributed by atoms with van der Waals surface area (Å²) in [5, 5.41) is 23.5. The van der Waals surface area contributed by atoms with E-state index < -0.39 is 10.5 Å². The SMILES string of the molecule is CNC1(C#N)CCCC(Oc2cc(C)ccc2[N+](=O)[O-])C1. The molecule has 6 heteroatoms. The van der Waals surface area contributed by atoms with Crippen LogP contribution in [-0.4, -0.2) is 23.6 Å². The molecule has 0 heterocycles. The van der Waals surface area contributed by atoms with Gasteiger partial charge in [0.1, 0.15) is 11.6 Å². The maximum absolute atomic E-state index is 11.1. The molecule has 6 nitrogen and oxygen atoms in total. The number of nitrogens with one attached hydrogen (secondary N) is 1. The number of aryl methyl sites for hydroxylation is 1. The van der Waals surface area contributed by atoms with Crippen molar-refractivity contribution < 1.29 is 9.66 Å². The summed E-state index contributed by atoms with van der Waals surface area (Å²) in [5.41, 5.74) is 0.284. The van der Waals surface area contributed by atoms with Crippen LogP contribution in [0.1, 0.15) is 31.2 Å². The molecule has 2 atom stereocenters. The van der Waals surface area contributed by atoms with Gasteiger partial charge in [0.15, 0.2) is 5.75 Å². The van der Waals surface area contributed by atoms with Gasteiger partial charge in [-0.1, -0.05) is 6.07 Å². The van der Waals surface area contributed by atoms with Crippen LogP contribution in [0.5, 0.6) is 5.75 Å². The molecule has 0 radical (unpaired) electrons. The summed E-state index contributed by atoms with van der Waals surface area (Å²) in [7, 11) is 1.76. The van der Waals surface area contributed by atoms with E-state index in [0.717, 1.165) is 24.8 Å². The van der Waals surface area contributed by atoms with Crippen molar-refractivity contribution in [2.45, 2.75) is 44.2 Å². The summed E-state index contributed by atoms with van der Waals surface area (Å²) in [5.74, 6) is 0.287. The number of nitro benzene ring substituents is 1. The third-order valence-electron chi connectivity index (χ3n) is 4.00. The molecule has 0 aromatic heterocycles. The molecule has 1 aliphatic rings. The first-order valence-corrected chi connectivity index (χ1v) is 7.01. The monoisotopic (exact) mass is 289 g/mol. The average molecular weight is 289 g/mol. The van der Waals surface area contributed by atoms with Gasteiger partial charge in [-0.2, -0.15) is 5.26 Å². The molecule has 0 spiro atoms. The van der Waals surface area contributed by atoms with Crippen LogP contribution in [0.15, 0.2) is 18.2 Å². The minimum absolute atomic E-state index is 0.0295. The third kappa shape index (κ3) is 3.31. The van der Waals surface area contributed by atoms with Crippen molar-refractivity contribution in [3.8, 4) is 11.8 Å². The third-order valence-corrected chi connectivity index (χ3v) is 4.00. The minimum Gasteiger partial charge on any atom is -0.483 e. The number of nitriles is 1. The first-order valence-electron chi connectivity index (χ1n) is 7.01. The molecule has 0 bridgehead atoms. The molecular formula is C15H19N3O3. The lowest BCUT2D eigenvalue weighted by atomic mass is 9.81. The van der Waals surface area contributed by atoms with Crippen molar-refractivity contribution in [3.63, 3.8) is 0 Å². The maximum atomic E-state index is 11.1. The van der Waals surface area contributed by atoms with Crippen LogP contribution in [0.4, 0.5) is 5.69 Å². The molecule has 1 aliphatic carbocycles. The van der Waals surface area contributed by atoms with E-state index in [1.165, 1.54) is 6.07 Å². The van der Waals surface area contributed by atoms with Crippen molar-refractivity contribution in [1.29, 1.82) is 5.26 Å². The van der Waals surface area contributed by atoms with Gasteiger partial charge < -0.3 is 10.1 Å². The van der Waals surface area contributed by atoms with Crippen LogP contribution in [-0.2, 0) is 0 Å². The number of rotatable bonds is 4. The Balaban J connectivity index is 2.20. The molecule has 21 heavy (non-hydrogen) atoms. The Morgan fingerprint density at radius 3 is 2.95 bits per heavy atom. The normalized spacial score (nSPS) is 25.1. The molecule has 1 N–H and O–H groups in total. The lowest BCUT2D eigenvalue weighted by Crippen LogP contribution is -2.48. The molecule has 0 saturated heterocycles. The van der Waals surface area contributed by atoms with Gasteiger partial charge in [-0.15, -0.1) is 0 Å². The second kappa shape index (κ2) is 6.10. The average Bonchev–Trinajstić information content (AvgIpc) is 2.47. The first-order chi connectivity index (χ1) is 9.99. The molecule has 0 amide bonds. The molecule has 1 saturated carbocycles. The topological polar surface area (TPSA) is 88.2 Å². The summed E-state index contributed by atoms with van der Waals surface area (Å²) in [6.07, 6.45) is 2.78. The Morgan fingerprint density at radius 1 is 1.57 bits per heavy atom. The van der Waals surface area contributed by atoms with Crippen molar-refractivity contribution in [2.75, 3.05) is 7.05 Å². The van der Waals surface area contributed by atoms with E-state index in [0.29, 0.717) is 6.42 Å². The zero-order valence-electron chi connectivity index (χ0n) is 12.3. The zero-order valence-corrected chi connectivity index (χ0v) is 12.3. The van der Waals surface area contributed by atoms with Crippen molar-refractivity contribution in [3.05, 3.63) is 33.9 Å². The van der Waals surface area contributed by atoms with Crippen molar-refractivity contribution >= 4 is 5.69 Å². The van der Waals surface area contributed by atoms with Gasteiger partial charge in [-0.05, 0) is 44.9 Å². The van der Waals surface area contributed by atoms with Gasteiger partial charge >= 0.3 is 5.69 Å². The van der Waals surface area contributed by atoms with E-state index in [2.05, 4.69) is 11.4 Å². The smallest absolute Gasteiger partial charge is 0.310 e. The Kier molecular flexibility index (Phi) is 4.43. The Bertz CT molecular complexity index is 582. The van der Waals surface area contributed by atoms with Gasteiger partial charge in [0.25, 0.3) is 0 Å². The number of nitro groups is 1. The van der Waals surface area contributed by atoms with Crippen molar-refractivity contribution in [1.82, 2.24) is 5.32 Å².